The highest BCUT2D eigenvalue weighted by atomic mass is 35.5. The monoisotopic (exact) mass is 486 g/mol. The largest absolute Gasteiger partial charge is 0.388 e. The number of hydrogen-bond acceptors (Lipinski definition) is 5. The van der Waals surface area contributed by atoms with Gasteiger partial charge in [0.15, 0.2) is 23.0 Å². The topological polar surface area (TPSA) is 72.8 Å². The van der Waals surface area contributed by atoms with Gasteiger partial charge < -0.3 is 14.6 Å². The van der Waals surface area contributed by atoms with Gasteiger partial charge in [0, 0.05) is 10.8 Å². The van der Waals surface area contributed by atoms with Crippen LogP contribution in [-0.4, -0.2) is 57.2 Å². The lowest BCUT2D eigenvalue weighted by atomic mass is 9.46. The van der Waals surface area contributed by atoms with E-state index in [1.54, 1.807) is 19.9 Å². The van der Waals surface area contributed by atoms with Crippen LogP contribution in [0.2, 0.25) is 0 Å². The summed E-state index contributed by atoms with van der Waals surface area (Å²) in [6.07, 6.45) is 3.47. The van der Waals surface area contributed by atoms with Crippen molar-refractivity contribution in [3.8, 4) is 0 Å². The Morgan fingerprint density at radius 2 is 1.94 bits per heavy atom. The molecular formula is C24H29Cl2FO5. The van der Waals surface area contributed by atoms with E-state index < -0.39 is 57.1 Å². The highest BCUT2D eigenvalue weighted by Gasteiger charge is 2.79. The lowest BCUT2D eigenvalue weighted by Crippen LogP contribution is -2.69. The molecule has 4 fully saturated rings. The number of carbonyl (C=O) groups excluding carboxylic acids is 2. The summed E-state index contributed by atoms with van der Waals surface area (Å²) in [5.41, 5.74) is -2.74. The quantitative estimate of drug-likeness (QED) is 0.599. The van der Waals surface area contributed by atoms with E-state index in [4.69, 9.17) is 32.7 Å². The van der Waals surface area contributed by atoms with Crippen LogP contribution in [-0.2, 0) is 19.1 Å². The van der Waals surface area contributed by atoms with Gasteiger partial charge in [-0.2, -0.15) is 0 Å². The summed E-state index contributed by atoms with van der Waals surface area (Å²) in [6.45, 7) is 6.63. The molecule has 8 heteroatoms. The molecular weight excluding hydrogens is 458 g/mol. The van der Waals surface area contributed by atoms with E-state index >= 15 is 4.39 Å². The lowest BCUT2D eigenvalue weighted by Gasteiger charge is -2.64. The fraction of sp³-hybridized carbons (Fsp3) is 0.750. The second kappa shape index (κ2) is 6.66. The SMILES string of the molecule is CC1(C)O[C@@H]2C[C@@H]3[C@@H]4C[C@H](F)C5=CC(=O)C=C[C@]5(C)[C@@]4(Cl)[C@H](Cl)C[C@]3(C)[C@]2(C(=O)CO)O1. The maximum absolute atomic E-state index is 15.6. The Hall–Kier alpha value is -0.790. The minimum atomic E-state index is -1.37. The summed E-state index contributed by atoms with van der Waals surface area (Å²) < 4.78 is 28.1. The molecule has 0 aromatic rings. The number of hydrogen-bond donors (Lipinski definition) is 1. The molecule has 4 aliphatic carbocycles. The van der Waals surface area contributed by atoms with Crippen molar-refractivity contribution in [2.45, 2.75) is 80.9 Å². The predicted octanol–water partition coefficient (Wildman–Crippen LogP) is 3.88. The lowest BCUT2D eigenvalue weighted by molar-refractivity contribution is -0.213. The summed E-state index contributed by atoms with van der Waals surface area (Å²) in [4.78, 5) is 24.2. The van der Waals surface area contributed by atoms with Crippen molar-refractivity contribution < 1.29 is 28.6 Å². The zero-order valence-electron chi connectivity index (χ0n) is 18.7. The number of carbonyl (C=O) groups is 2. The van der Waals surface area contributed by atoms with Gasteiger partial charge in [0.05, 0.1) is 16.4 Å². The van der Waals surface area contributed by atoms with Crippen LogP contribution in [0.3, 0.4) is 0 Å². The maximum atomic E-state index is 15.6. The summed E-state index contributed by atoms with van der Waals surface area (Å²) in [5, 5.41) is 9.24. The van der Waals surface area contributed by atoms with Crippen molar-refractivity contribution in [1.82, 2.24) is 0 Å². The van der Waals surface area contributed by atoms with Gasteiger partial charge in [-0.1, -0.05) is 19.9 Å². The Morgan fingerprint density at radius 1 is 1.25 bits per heavy atom. The first kappa shape index (κ1) is 23.0. The number of Topliss-reactive ketones (excluding diaryl/α,β-unsaturated/α-hetero) is 1. The van der Waals surface area contributed by atoms with Crippen molar-refractivity contribution in [1.29, 1.82) is 0 Å². The van der Waals surface area contributed by atoms with Crippen LogP contribution in [0.25, 0.3) is 0 Å². The van der Waals surface area contributed by atoms with E-state index in [0.29, 0.717) is 18.4 Å². The van der Waals surface area contributed by atoms with Gasteiger partial charge in [0.1, 0.15) is 12.8 Å². The first-order valence-corrected chi connectivity index (χ1v) is 12.0. The number of allylic oxidation sites excluding steroid dienone is 4. The minimum Gasteiger partial charge on any atom is -0.388 e. The molecule has 176 valence electrons. The Kier molecular flexibility index (Phi) is 4.78. The van der Waals surface area contributed by atoms with Gasteiger partial charge >= 0.3 is 0 Å². The summed E-state index contributed by atoms with van der Waals surface area (Å²) >= 11 is 14.5. The number of fused-ring (bicyclic) bond motifs is 7. The van der Waals surface area contributed by atoms with Gasteiger partial charge in [-0.3, -0.25) is 9.59 Å². The van der Waals surface area contributed by atoms with E-state index in [9.17, 15) is 14.7 Å². The van der Waals surface area contributed by atoms with E-state index in [1.807, 2.05) is 13.8 Å². The first-order chi connectivity index (χ1) is 14.8. The zero-order valence-corrected chi connectivity index (χ0v) is 20.2. The molecule has 3 saturated carbocycles. The van der Waals surface area contributed by atoms with Gasteiger partial charge in [-0.05, 0) is 62.7 Å². The van der Waals surface area contributed by atoms with Crippen molar-refractivity contribution in [3.05, 3.63) is 23.8 Å². The van der Waals surface area contributed by atoms with Crippen molar-refractivity contribution in [2.24, 2.45) is 22.7 Å². The molecule has 32 heavy (non-hydrogen) atoms. The molecule has 0 unspecified atom stereocenters. The van der Waals surface area contributed by atoms with Gasteiger partial charge in [-0.15, -0.1) is 23.2 Å². The highest BCUT2D eigenvalue weighted by molar-refractivity contribution is 6.34. The normalized spacial score (nSPS) is 53.2. The van der Waals surface area contributed by atoms with Gasteiger partial charge in [0.2, 0.25) is 0 Å². The number of aliphatic hydroxyl groups is 1. The van der Waals surface area contributed by atoms with Crippen LogP contribution in [0, 0.1) is 22.7 Å². The molecule has 1 N–H and O–H groups in total. The number of alkyl halides is 3. The molecule has 0 amide bonds. The van der Waals surface area contributed by atoms with Crippen LogP contribution in [0.15, 0.2) is 23.8 Å². The molecule has 5 aliphatic rings. The number of ether oxygens (including phenoxy) is 2. The van der Waals surface area contributed by atoms with Crippen LogP contribution < -0.4 is 0 Å². The molecule has 1 saturated heterocycles. The molecule has 0 aromatic carbocycles. The molecule has 0 radical (unpaired) electrons. The molecule has 5 nitrogen and oxygen atoms in total. The number of halogens is 3. The van der Waals surface area contributed by atoms with Crippen LogP contribution in [0.5, 0.6) is 0 Å². The van der Waals surface area contributed by atoms with Gasteiger partial charge in [-0.25, -0.2) is 4.39 Å². The Morgan fingerprint density at radius 3 is 2.59 bits per heavy atom. The smallest absolute Gasteiger partial charge is 0.193 e. The molecule has 5 rings (SSSR count). The van der Waals surface area contributed by atoms with Crippen molar-refractivity contribution >= 4 is 34.8 Å². The third-order valence-corrected chi connectivity index (χ3v) is 10.7. The predicted molar refractivity (Wildman–Crippen MR) is 117 cm³/mol. The number of aliphatic hydroxyl groups excluding tert-OH is 1. The molecule has 9 atom stereocenters. The van der Waals surface area contributed by atoms with Crippen LogP contribution >= 0.6 is 23.2 Å². The zero-order chi connectivity index (χ0) is 23.5. The van der Waals surface area contributed by atoms with Crippen molar-refractivity contribution in [2.75, 3.05) is 6.61 Å². The van der Waals surface area contributed by atoms with E-state index in [-0.39, 0.29) is 24.0 Å². The summed E-state index contributed by atoms with van der Waals surface area (Å²) in [7, 11) is 0. The Bertz CT molecular complexity index is 964. The fourth-order valence-electron chi connectivity index (χ4n) is 7.85. The molecule has 1 heterocycles. The first-order valence-electron chi connectivity index (χ1n) is 11.2. The van der Waals surface area contributed by atoms with Crippen LogP contribution in [0.1, 0.15) is 47.0 Å². The molecule has 0 spiro atoms. The second-order valence-electron chi connectivity index (χ2n) is 11.0. The number of ketones is 2. The fourth-order valence-corrected chi connectivity index (χ4v) is 9.05. The highest BCUT2D eigenvalue weighted by Crippen LogP contribution is 2.73. The standard InChI is InChI=1S/C24H29Cl2FO5/c1-20(2)31-19-9-13-14-8-16(27)15-7-12(29)5-6-21(15,3)23(14,26)17(25)10-22(13,4)24(19,32-20)18(30)11-28/h5-7,13-14,16-17,19,28H,8-11H2,1-4H3/t13-,14+,16+,17-,19-,21+,22+,23+,24-/m1/s1. The summed E-state index contributed by atoms with van der Waals surface area (Å²) in [6, 6.07) is 0. The molecule has 0 bridgehead atoms. The van der Waals surface area contributed by atoms with Crippen molar-refractivity contribution in [3.63, 3.8) is 0 Å². The Labute approximate surface area is 197 Å². The summed E-state index contributed by atoms with van der Waals surface area (Å²) in [5.74, 6) is -2.28. The Balaban J connectivity index is 1.66. The average molecular weight is 487 g/mol. The third-order valence-electron chi connectivity index (χ3n) is 9.14. The van der Waals surface area contributed by atoms with E-state index in [1.165, 1.54) is 12.2 Å². The third kappa shape index (κ3) is 2.46. The van der Waals surface area contributed by atoms with E-state index in [2.05, 4.69) is 0 Å². The second-order valence-corrected chi connectivity index (χ2v) is 12.1. The van der Waals surface area contributed by atoms with E-state index in [0.717, 1.165) is 0 Å². The average Bonchev–Trinajstić information content (AvgIpc) is 3.11. The van der Waals surface area contributed by atoms with Crippen LogP contribution in [0.4, 0.5) is 4.39 Å². The molecule has 1 aliphatic heterocycles. The minimum absolute atomic E-state index is 0.106. The maximum Gasteiger partial charge on any atom is 0.193 e. The number of rotatable bonds is 2. The molecule has 0 aromatic heterocycles. The van der Waals surface area contributed by atoms with Gasteiger partial charge in [0.25, 0.3) is 0 Å².